The van der Waals surface area contributed by atoms with E-state index in [0.29, 0.717) is 23.9 Å². The molecule has 0 atom stereocenters. The summed E-state index contributed by atoms with van der Waals surface area (Å²) in [5.74, 6) is -1.48. The van der Waals surface area contributed by atoms with Gasteiger partial charge >= 0.3 is 0 Å². The van der Waals surface area contributed by atoms with Gasteiger partial charge in [0.25, 0.3) is 0 Å². The van der Waals surface area contributed by atoms with Crippen molar-refractivity contribution >= 4 is 0 Å². The van der Waals surface area contributed by atoms with Gasteiger partial charge in [-0.05, 0) is 55.5 Å². The average molecular weight is 299 g/mol. The molecule has 0 saturated heterocycles. The SMILES string of the molecule is CC(C)CCN(CCC(C)C)Cc1cc(F)c(O)c(F)c1. The van der Waals surface area contributed by atoms with Crippen molar-refractivity contribution in [3.05, 3.63) is 29.3 Å². The topological polar surface area (TPSA) is 23.5 Å². The van der Waals surface area contributed by atoms with Crippen LogP contribution in [0.25, 0.3) is 0 Å². The maximum atomic E-state index is 13.4. The molecule has 2 nitrogen and oxygen atoms in total. The Morgan fingerprint density at radius 1 is 0.952 bits per heavy atom. The zero-order valence-electron chi connectivity index (χ0n) is 13.5. The summed E-state index contributed by atoms with van der Waals surface area (Å²) >= 11 is 0. The van der Waals surface area contributed by atoms with Gasteiger partial charge in [-0.25, -0.2) is 8.78 Å². The van der Waals surface area contributed by atoms with Gasteiger partial charge in [-0.2, -0.15) is 0 Å². The number of hydrogen-bond acceptors (Lipinski definition) is 2. The second kappa shape index (κ2) is 8.32. The zero-order valence-corrected chi connectivity index (χ0v) is 13.5. The lowest BCUT2D eigenvalue weighted by atomic mass is 10.1. The first kappa shape index (κ1) is 17.9. The van der Waals surface area contributed by atoms with Crippen molar-refractivity contribution in [3.63, 3.8) is 0 Å². The Labute approximate surface area is 126 Å². The van der Waals surface area contributed by atoms with Gasteiger partial charge in [-0.15, -0.1) is 0 Å². The maximum absolute atomic E-state index is 13.4. The molecule has 0 aliphatic carbocycles. The van der Waals surface area contributed by atoms with Crippen LogP contribution in [-0.2, 0) is 6.54 Å². The third kappa shape index (κ3) is 6.42. The largest absolute Gasteiger partial charge is 0.503 e. The summed E-state index contributed by atoms with van der Waals surface area (Å²) in [7, 11) is 0. The molecule has 0 fully saturated rings. The number of halogens is 2. The minimum atomic E-state index is -0.894. The molecule has 4 heteroatoms. The lowest BCUT2D eigenvalue weighted by molar-refractivity contribution is 0.235. The minimum absolute atomic E-state index is 0.507. The molecule has 1 aromatic rings. The predicted octanol–water partition coefficient (Wildman–Crippen LogP) is 4.56. The third-order valence-electron chi connectivity index (χ3n) is 3.53. The lowest BCUT2D eigenvalue weighted by Gasteiger charge is -2.24. The highest BCUT2D eigenvalue weighted by Crippen LogP contribution is 2.22. The van der Waals surface area contributed by atoms with Gasteiger partial charge in [0.05, 0.1) is 0 Å². The van der Waals surface area contributed by atoms with Crippen LogP contribution in [0.15, 0.2) is 12.1 Å². The Kier molecular flexibility index (Phi) is 7.09. The first-order chi connectivity index (χ1) is 9.79. The highest BCUT2D eigenvalue weighted by atomic mass is 19.1. The van der Waals surface area contributed by atoms with Crippen molar-refractivity contribution in [2.75, 3.05) is 13.1 Å². The monoisotopic (exact) mass is 299 g/mol. The number of benzene rings is 1. The second-order valence-electron chi connectivity index (χ2n) is 6.55. The van der Waals surface area contributed by atoms with E-state index in [-0.39, 0.29) is 0 Å². The van der Waals surface area contributed by atoms with Crippen molar-refractivity contribution < 1.29 is 13.9 Å². The zero-order chi connectivity index (χ0) is 16.0. The number of phenolic OH excluding ortho intramolecular Hbond substituents is 1. The molecule has 0 heterocycles. The molecule has 0 saturated carbocycles. The number of phenols is 1. The first-order valence-electron chi connectivity index (χ1n) is 7.68. The molecule has 0 spiro atoms. The van der Waals surface area contributed by atoms with E-state index in [4.69, 9.17) is 5.11 Å². The molecule has 0 amide bonds. The van der Waals surface area contributed by atoms with Gasteiger partial charge < -0.3 is 5.11 Å². The van der Waals surface area contributed by atoms with E-state index in [1.807, 2.05) is 0 Å². The van der Waals surface area contributed by atoms with Crippen LogP contribution in [0.4, 0.5) is 8.78 Å². The first-order valence-corrected chi connectivity index (χ1v) is 7.68. The fourth-order valence-electron chi connectivity index (χ4n) is 2.12. The molecule has 120 valence electrons. The van der Waals surface area contributed by atoms with Crippen molar-refractivity contribution in [1.82, 2.24) is 4.90 Å². The highest BCUT2D eigenvalue weighted by Gasteiger charge is 2.13. The summed E-state index contributed by atoms with van der Waals surface area (Å²) in [6, 6.07) is 2.44. The normalized spacial score (nSPS) is 11.9. The van der Waals surface area contributed by atoms with E-state index in [9.17, 15) is 8.78 Å². The molecule has 0 unspecified atom stereocenters. The average Bonchev–Trinajstić information content (AvgIpc) is 2.38. The highest BCUT2D eigenvalue weighted by molar-refractivity contribution is 5.30. The fourth-order valence-corrected chi connectivity index (χ4v) is 2.12. The smallest absolute Gasteiger partial charge is 0.187 e. The van der Waals surface area contributed by atoms with Crippen LogP contribution in [-0.4, -0.2) is 23.1 Å². The predicted molar refractivity (Wildman–Crippen MR) is 82.2 cm³/mol. The van der Waals surface area contributed by atoms with Crippen LogP contribution in [0.5, 0.6) is 5.75 Å². The number of rotatable bonds is 8. The summed E-state index contributed by atoms with van der Waals surface area (Å²) in [5.41, 5.74) is 0.565. The Morgan fingerprint density at radius 2 is 1.38 bits per heavy atom. The number of aromatic hydroxyl groups is 1. The van der Waals surface area contributed by atoms with Crippen LogP contribution < -0.4 is 0 Å². The maximum Gasteiger partial charge on any atom is 0.187 e. The van der Waals surface area contributed by atoms with Crippen LogP contribution in [0.3, 0.4) is 0 Å². The molecule has 0 bridgehead atoms. The van der Waals surface area contributed by atoms with Gasteiger partial charge in [0.2, 0.25) is 0 Å². The van der Waals surface area contributed by atoms with Crippen molar-refractivity contribution in [1.29, 1.82) is 0 Å². The van der Waals surface area contributed by atoms with E-state index < -0.39 is 17.4 Å². The van der Waals surface area contributed by atoms with Crippen LogP contribution in [0.1, 0.15) is 46.1 Å². The Hall–Kier alpha value is -1.16. The summed E-state index contributed by atoms with van der Waals surface area (Å²) in [5, 5.41) is 9.15. The molecule has 0 aromatic heterocycles. The van der Waals surface area contributed by atoms with Crippen molar-refractivity contribution in [2.24, 2.45) is 11.8 Å². The molecule has 21 heavy (non-hydrogen) atoms. The molecule has 1 rings (SSSR count). The Morgan fingerprint density at radius 3 is 1.76 bits per heavy atom. The molecular weight excluding hydrogens is 272 g/mol. The Balaban J connectivity index is 2.74. The van der Waals surface area contributed by atoms with E-state index >= 15 is 0 Å². The second-order valence-corrected chi connectivity index (χ2v) is 6.55. The summed E-state index contributed by atoms with van der Waals surface area (Å²) < 4.78 is 26.8. The van der Waals surface area contributed by atoms with Crippen LogP contribution in [0, 0.1) is 23.5 Å². The quantitative estimate of drug-likeness (QED) is 0.760. The van der Waals surface area contributed by atoms with E-state index in [2.05, 4.69) is 32.6 Å². The van der Waals surface area contributed by atoms with Gasteiger partial charge in [-0.1, -0.05) is 27.7 Å². The Bertz CT molecular complexity index is 411. The standard InChI is InChI=1S/C17H27F2NO/c1-12(2)5-7-20(8-6-13(3)4)11-14-9-15(18)17(21)16(19)10-14/h9-10,12-13,21H,5-8,11H2,1-4H3. The van der Waals surface area contributed by atoms with Crippen molar-refractivity contribution in [2.45, 2.75) is 47.1 Å². The van der Waals surface area contributed by atoms with Crippen LogP contribution >= 0.6 is 0 Å². The molecular formula is C17H27F2NO. The van der Waals surface area contributed by atoms with Gasteiger partial charge in [-0.3, -0.25) is 4.90 Å². The molecule has 1 aromatic carbocycles. The molecule has 1 N–H and O–H groups in total. The molecule has 0 aliphatic rings. The summed E-state index contributed by atoms with van der Waals surface area (Å²) in [4.78, 5) is 2.23. The fraction of sp³-hybridized carbons (Fsp3) is 0.647. The summed E-state index contributed by atoms with van der Waals surface area (Å²) in [6.07, 6.45) is 2.11. The summed E-state index contributed by atoms with van der Waals surface area (Å²) in [6.45, 7) is 11.0. The van der Waals surface area contributed by atoms with Gasteiger partial charge in [0, 0.05) is 6.54 Å². The minimum Gasteiger partial charge on any atom is -0.503 e. The van der Waals surface area contributed by atoms with Crippen molar-refractivity contribution in [3.8, 4) is 5.75 Å². The van der Waals surface area contributed by atoms with Gasteiger partial charge in [0.15, 0.2) is 17.4 Å². The number of nitrogens with zero attached hydrogens (tertiary/aromatic N) is 1. The van der Waals surface area contributed by atoms with E-state index in [0.717, 1.165) is 25.9 Å². The van der Waals surface area contributed by atoms with Gasteiger partial charge in [0.1, 0.15) is 0 Å². The third-order valence-corrected chi connectivity index (χ3v) is 3.53. The number of hydrogen-bond donors (Lipinski definition) is 1. The molecule has 0 radical (unpaired) electrons. The molecule has 0 aliphatic heterocycles. The lowest BCUT2D eigenvalue weighted by Crippen LogP contribution is -2.27. The van der Waals surface area contributed by atoms with E-state index in [1.54, 1.807) is 0 Å². The van der Waals surface area contributed by atoms with E-state index in [1.165, 1.54) is 12.1 Å². The van der Waals surface area contributed by atoms with Crippen LogP contribution in [0.2, 0.25) is 0 Å².